The van der Waals surface area contributed by atoms with Gasteiger partial charge in [0.25, 0.3) is 0 Å². The van der Waals surface area contributed by atoms with E-state index in [0.29, 0.717) is 12.2 Å². The lowest BCUT2D eigenvalue weighted by atomic mass is 10.1. The highest BCUT2D eigenvalue weighted by Gasteiger charge is 2.06. The van der Waals surface area contributed by atoms with E-state index >= 15 is 0 Å². The van der Waals surface area contributed by atoms with Crippen LogP contribution in [-0.2, 0) is 0 Å². The van der Waals surface area contributed by atoms with E-state index in [1.54, 1.807) is 24.3 Å². The van der Waals surface area contributed by atoms with E-state index in [2.05, 4.69) is 0 Å². The summed E-state index contributed by atoms with van der Waals surface area (Å²) in [6, 6.07) is 14.6. The minimum Gasteiger partial charge on any atom is -0.493 e. The lowest BCUT2D eigenvalue weighted by Gasteiger charge is -2.06. The molecular weight excluding hydrogens is 252 g/mol. The van der Waals surface area contributed by atoms with Gasteiger partial charge in [-0.1, -0.05) is 48.6 Å². The quantitative estimate of drug-likeness (QED) is 0.835. The van der Waals surface area contributed by atoms with Crippen molar-refractivity contribution >= 4 is 18.1 Å². The molecule has 0 amide bonds. The Labute approximate surface area is 118 Å². The van der Waals surface area contributed by atoms with Gasteiger partial charge in [0.05, 0.1) is 12.2 Å². The molecule has 0 atom stereocenters. The maximum Gasteiger partial charge on any atom is 0.336 e. The van der Waals surface area contributed by atoms with Gasteiger partial charge in [-0.15, -0.1) is 0 Å². The highest BCUT2D eigenvalue weighted by atomic mass is 16.5. The van der Waals surface area contributed by atoms with Crippen molar-refractivity contribution in [2.45, 2.75) is 6.92 Å². The zero-order chi connectivity index (χ0) is 14.4. The Hall–Kier alpha value is -2.55. The van der Waals surface area contributed by atoms with Crippen molar-refractivity contribution in [3.8, 4) is 5.75 Å². The molecule has 102 valence electrons. The number of ether oxygens (including phenoxy) is 1. The van der Waals surface area contributed by atoms with Gasteiger partial charge in [-0.25, -0.2) is 4.79 Å². The van der Waals surface area contributed by atoms with E-state index in [0.717, 1.165) is 11.3 Å². The van der Waals surface area contributed by atoms with Crippen LogP contribution in [0.5, 0.6) is 5.75 Å². The molecule has 0 saturated heterocycles. The fraction of sp³-hybridized carbons (Fsp3) is 0.118. The van der Waals surface area contributed by atoms with Crippen LogP contribution in [0.1, 0.15) is 28.4 Å². The summed E-state index contributed by atoms with van der Waals surface area (Å²) in [6.07, 6.45) is 3.66. The summed E-state index contributed by atoms with van der Waals surface area (Å²) >= 11 is 0. The molecule has 0 saturated carbocycles. The number of para-hydroxylation sites is 1. The number of aromatic carboxylic acids is 1. The van der Waals surface area contributed by atoms with Gasteiger partial charge in [0.2, 0.25) is 0 Å². The molecule has 2 rings (SSSR count). The van der Waals surface area contributed by atoms with Crippen molar-refractivity contribution in [2.75, 3.05) is 6.61 Å². The Morgan fingerprint density at radius 1 is 1.05 bits per heavy atom. The van der Waals surface area contributed by atoms with E-state index in [9.17, 15) is 4.79 Å². The summed E-state index contributed by atoms with van der Waals surface area (Å²) < 4.78 is 5.54. The molecule has 0 aliphatic carbocycles. The van der Waals surface area contributed by atoms with Crippen molar-refractivity contribution in [3.63, 3.8) is 0 Å². The third kappa shape index (κ3) is 3.26. The number of hydrogen-bond donors (Lipinski definition) is 1. The highest BCUT2D eigenvalue weighted by molar-refractivity contribution is 5.93. The van der Waals surface area contributed by atoms with E-state index < -0.39 is 5.97 Å². The molecule has 3 nitrogen and oxygen atoms in total. The zero-order valence-corrected chi connectivity index (χ0v) is 11.2. The number of carbonyl (C=O) groups is 1. The van der Waals surface area contributed by atoms with Gasteiger partial charge in [-0.3, -0.25) is 0 Å². The van der Waals surface area contributed by atoms with Gasteiger partial charge >= 0.3 is 5.97 Å². The van der Waals surface area contributed by atoms with E-state index in [-0.39, 0.29) is 5.56 Å². The molecule has 0 aliphatic heterocycles. The molecule has 0 aliphatic rings. The molecule has 0 radical (unpaired) electrons. The molecular formula is C17H16O3. The van der Waals surface area contributed by atoms with E-state index in [4.69, 9.17) is 9.84 Å². The van der Waals surface area contributed by atoms with Crippen LogP contribution >= 0.6 is 0 Å². The van der Waals surface area contributed by atoms with Crippen LogP contribution in [0, 0.1) is 0 Å². The molecule has 0 unspecified atom stereocenters. The normalized spacial score (nSPS) is 10.7. The molecule has 0 spiro atoms. The van der Waals surface area contributed by atoms with Gasteiger partial charge in [0.15, 0.2) is 0 Å². The van der Waals surface area contributed by atoms with Gasteiger partial charge in [0, 0.05) is 5.56 Å². The number of hydrogen-bond acceptors (Lipinski definition) is 2. The topological polar surface area (TPSA) is 46.5 Å². The van der Waals surface area contributed by atoms with Crippen LogP contribution < -0.4 is 4.74 Å². The number of carboxylic acid groups (broad SMARTS) is 1. The first-order chi connectivity index (χ1) is 9.72. The molecule has 0 fully saturated rings. The Morgan fingerprint density at radius 2 is 1.65 bits per heavy atom. The monoisotopic (exact) mass is 268 g/mol. The van der Waals surface area contributed by atoms with E-state index in [1.165, 1.54) is 0 Å². The van der Waals surface area contributed by atoms with Crippen molar-refractivity contribution in [1.29, 1.82) is 0 Å². The smallest absolute Gasteiger partial charge is 0.336 e. The first-order valence-electron chi connectivity index (χ1n) is 6.44. The average Bonchev–Trinajstić information content (AvgIpc) is 2.47. The molecule has 0 heterocycles. The third-order valence-electron chi connectivity index (χ3n) is 2.85. The second-order valence-electron chi connectivity index (χ2n) is 4.20. The van der Waals surface area contributed by atoms with Crippen molar-refractivity contribution in [2.24, 2.45) is 0 Å². The average molecular weight is 268 g/mol. The van der Waals surface area contributed by atoms with Gasteiger partial charge in [-0.2, -0.15) is 0 Å². The summed E-state index contributed by atoms with van der Waals surface area (Å²) in [7, 11) is 0. The van der Waals surface area contributed by atoms with Crippen LogP contribution in [-0.4, -0.2) is 17.7 Å². The molecule has 0 bridgehead atoms. The van der Waals surface area contributed by atoms with Crippen LogP contribution in [0.2, 0.25) is 0 Å². The number of benzene rings is 2. The first kappa shape index (κ1) is 13.9. The minimum atomic E-state index is -0.927. The molecule has 1 N–H and O–H groups in total. The first-order valence-corrected chi connectivity index (χ1v) is 6.44. The fourth-order valence-corrected chi connectivity index (χ4v) is 1.92. The Balaban J connectivity index is 2.33. The van der Waals surface area contributed by atoms with Crippen molar-refractivity contribution < 1.29 is 14.6 Å². The van der Waals surface area contributed by atoms with Gasteiger partial charge in [0.1, 0.15) is 5.75 Å². The minimum absolute atomic E-state index is 0.289. The predicted octanol–water partition coefficient (Wildman–Crippen LogP) is 3.95. The largest absolute Gasteiger partial charge is 0.493 e. The number of rotatable bonds is 5. The Bertz CT molecular complexity index is 630. The second kappa shape index (κ2) is 6.57. The summed E-state index contributed by atoms with van der Waals surface area (Å²) in [5, 5.41) is 9.14. The second-order valence-corrected chi connectivity index (χ2v) is 4.20. The maximum absolute atomic E-state index is 11.1. The Morgan fingerprint density at radius 3 is 2.35 bits per heavy atom. The molecule has 20 heavy (non-hydrogen) atoms. The van der Waals surface area contributed by atoms with E-state index in [1.807, 2.05) is 43.3 Å². The van der Waals surface area contributed by atoms with Crippen molar-refractivity contribution in [1.82, 2.24) is 0 Å². The fourth-order valence-electron chi connectivity index (χ4n) is 1.92. The van der Waals surface area contributed by atoms with Crippen LogP contribution in [0.4, 0.5) is 0 Å². The predicted molar refractivity (Wildman–Crippen MR) is 79.9 cm³/mol. The van der Waals surface area contributed by atoms with Gasteiger partial charge in [-0.05, 0) is 24.6 Å². The molecule has 3 heteroatoms. The van der Waals surface area contributed by atoms with Crippen LogP contribution in [0.15, 0.2) is 48.5 Å². The molecule has 2 aromatic rings. The SMILES string of the molecule is CCOc1ccccc1C=Cc1ccccc1C(=O)O. The van der Waals surface area contributed by atoms with Crippen molar-refractivity contribution in [3.05, 3.63) is 65.2 Å². The lowest BCUT2D eigenvalue weighted by molar-refractivity contribution is 0.0696. The summed E-state index contributed by atoms with van der Waals surface area (Å²) in [5.74, 6) is -0.137. The zero-order valence-electron chi connectivity index (χ0n) is 11.2. The summed E-state index contributed by atoms with van der Waals surface area (Å²) in [5.41, 5.74) is 1.89. The number of carboxylic acids is 1. The maximum atomic E-state index is 11.1. The molecule has 0 aromatic heterocycles. The summed E-state index contributed by atoms with van der Waals surface area (Å²) in [4.78, 5) is 11.1. The Kier molecular flexibility index (Phi) is 4.56. The highest BCUT2D eigenvalue weighted by Crippen LogP contribution is 2.21. The lowest BCUT2D eigenvalue weighted by Crippen LogP contribution is -1.98. The van der Waals surface area contributed by atoms with Gasteiger partial charge < -0.3 is 9.84 Å². The summed E-state index contributed by atoms with van der Waals surface area (Å²) in [6.45, 7) is 2.52. The molecule has 2 aromatic carbocycles. The third-order valence-corrected chi connectivity index (χ3v) is 2.85. The standard InChI is InChI=1S/C17H16O3/c1-2-20-16-10-6-4-8-14(16)12-11-13-7-3-5-9-15(13)17(18)19/h3-12H,2H2,1H3,(H,18,19). The van der Waals surface area contributed by atoms with Crippen LogP contribution in [0.3, 0.4) is 0 Å². The van der Waals surface area contributed by atoms with Crippen LogP contribution in [0.25, 0.3) is 12.2 Å².